The number of alkyl halides is 3. The van der Waals surface area contributed by atoms with Gasteiger partial charge in [-0.2, -0.15) is 18.3 Å². The van der Waals surface area contributed by atoms with Crippen LogP contribution in [0.15, 0.2) is 12.1 Å². The summed E-state index contributed by atoms with van der Waals surface area (Å²) in [6, 6.07) is 1.19. The quantitative estimate of drug-likeness (QED) is 0.303. The fraction of sp³-hybridized carbons (Fsp3) is 0.333. The average Bonchev–Trinajstić information content (AvgIpc) is 2.87. The number of nitrogens with zero attached hydrogens (tertiary/aromatic N) is 3. The van der Waals surface area contributed by atoms with Crippen molar-refractivity contribution in [2.24, 2.45) is 7.05 Å². The van der Waals surface area contributed by atoms with Gasteiger partial charge in [0.05, 0.1) is 22.6 Å². The normalized spacial score (nSPS) is 11.4. The number of nitro groups is 1. The lowest BCUT2D eigenvalue weighted by atomic mass is 10.1. The van der Waals surface area contributed by atoms with E-state index in [9.17, 15) is 32.5 Å². The van der Waals surface area contributed by atoms with Crippen molar-refractivity contribution in [3.05, 3.63) is 38.8 Å². The number of aromatic nitrogens is 2. The molecule has 1 aromatic heterocycles. The molecular weight excluding hydrogens is 414 g/mol. The Morgan fingerprint density at radius 2 is 2.04 bits per heavy atom. The molecule has 0 radical (unpaired) electrons. The third kappa shape index (κ3) is 4.32. The van der Waals surface area contributed by atoms with Crippen LogP contribution in [0.5, 0.6) is 5.75 Å². The predicted octanol–water partition coefficient (Wildman–Crippen LogP) is 3.75. The maximum absolute atomic E-state index is 14.4. The Labute approximate surface area is 159 Å². The molecule has 13 heteroatoms. The lowest BCUT2D eigenvalue weighted by Gasteiger charge is -2.09. The SMILES string of the molecule is CCOC(=O)COc1cc(-c2nn(C)c(C(F)(F)F)c2Cl)c(F)cc1[N+](=O)[O-]. The summed E-state index contributed by atoms with van der Waals surface area (Å²) in [5, 5.41) is 13.8. The summed E-state index contributed by atoms with van der Waals surface area (Å²) in [6.45, 7) is 0.823. The Morgan fingerprint density at radius 3 is 2.54 bits per heavy atom. The summed E-state index contributed by atoms with van der Waals surface area (Å²) < 4.78 is 63.6. The van der Waals surface area contributed by atoms with E-state index in [-0.39, 0.29) is 6.61 Å². The molecule has 0 bridgehead atoms. The van der Waals surface area contributed by atoms with Gasteiger partial charge < -0.3 is 9.47 Å². The maximum atomic E-state index is 14.4. The first-order valence-electron chi connectivity index (χ1n) is 7.53. The van der Waals surface area contributed by atoms with Crippen LogP contribution in [-0.4, -0.2) is 33.9 Å². The van der Waals surface area contributed by atoms with Crippen LogP contribution in [0.2, 0.25) is 5.02 Å². The number of aryl methyl sites for hydroxylation is 1. The minimum absolute atomic E-state index is 0.0305. The summed E-state index contributed by atoms with van der Waals surface area (Å²) in [5.41, 5.74) is -3.32. The highest BCUT2D eigenvalue weighted by Crippen LogP contribution is 2.42. The maximum Gasteiger partial charge on any atom is 0.434 e. The second kappa shape index (κ2) is 8.00. The minimum Gasteiger partial charge on any atom is -0.475 e. The summed E-state index contributed by atoms with van der Waals surface area (Å²) in [4.78, 5) is 21.5. The van der Waals surface area contributed by atoms with E-state index in [1.165, 1.54) is 6.92 Å². The highest BCUT2D eigenvalue weighted by molar-refractivity contribution is 6.33. The van der Waals surface area contributed by atoms with Gasteiger partial charge in [-0.25, -0.2) is 9.18 Å². The zero-order valence-electron chi connectivity index (χ0n) is 14.3. The van der Waals surface area contributed by atoms with Gasteiger partial charge in [0.1, 0.15) is 11.5 Å². The molecule has 152 valence electrons. The van der Waals surface area contributed by atoms with Crippen LogP contribution in [0.4, 0.5) is 23.2 Å². The van der Waals surface area contributed by atoms with E-state index in [2.05, 4.69) is 9.84 Å². The molecule has 2 rings (SSSR count). The topological polar surface area (TPSA) is 96.5 Å². The van der Waals surface area contributed by atoms with Gasteiger partial charge >= 0.3 is 17.8 Å². The fourth-order valence-corrected chi connectivity index (χ4v) is 2.67. The minimum atomic E-state index is -4.86. The van der Waals surface area contributed by atoms with E-state index in [4.69, 9.17) is 16.3 Å². The second-order valence-electron chi connectivity index (χ2n) is 5.28. The number of rotatable bonds is 6. The van der Waals surface area contributed by atoms with Crippen molar-refractivity contribution in [3.63, 3.8) is 0 Å². The van der Waals surface area contributed by atoms with Crippen LogP contribution in [0.3, 0.4) is 0 Å². The number of hydrogen-bond acceptors (Lipinski definition) is 6. The number of nitro benzene ring substituents is 1. The van der Waals surface area contributed by atoms with E-state index in [0.29, 0.717) is 10.7 Å². The third-order valence-corrected chi connectivity index (χ3v) is 3.77. The van der Waals surface area contributed by atoms with Gasteiger partial charge in [0.2, 0.25) is 0 Å². The van der Waals surface area contributed by atoms with Crippen molar-refractivity contribution < 1.29 is 36.8 Å². The van der Waals surface area contributed by atoms with Gasteiger partial charge in [-0.1, -0.05) is 11.6 Å². The van der Waals surface area contributed by atoms with Crippen molar-refractivity contribution in [2.75, 3.05) is 13.2 Å². The Bertz CT molecular complexity index is 929. The average molecular weight is 426 g/mol. The summed E-state index contributed by atoms with van der Waals surface area (Å²) in [6.07, 6.45) is -4.86. The summed E-state index contributed by atoms with van der Waals surface area (Å²) in [5.74, 6) is -2.66. The van der Waals surface area contributed by atoms with Crippen molar-refractivity contribution in [1.82, 2.24) is 9.78 Å². The highest BCUT2D eigenvalue weighted by atomic mass is 35.5. The molecule has 0 saturated carbocycles. The number of hydrogen-bond donors (Lipinski definition) is 0. The number of halogens is 5. The lowest BCUT2D eigenvalue weighted by molar-refractivity contribution is -0.386. The smallest absolute Gasteiger partial charge is 0.434 e. The molecule has 0 fully saturated rings. The van der Waals surface area contributed by atoms with Crippen molar-refractivity contribution in [2.45, 2.75) is 13.1 Å². The first kappa shape index (κ1) is 21.4. The van der Waals surface area contributed by atoms with E-state index in [1.807, 2.05) is 0 Å². The van der Waals surface area contributed by atoms with Crippen LogP contribution in [0.25, 0.3) is 11.3 Å². The first-order chi connectivity index (χ1) is 13.0. The van der Waals surface area contributed by atoms with Gasteiger partial charge in [0, 0.05) is 12.6 Å². The number of esters is 1. The van der Waals surface area contributed by atoms with Crippen molar-refractivity contribution >= 4 is 23.3 Å². The van der Waals surface area contributed by atoms with Crippen LogP contribution in [-0.2, 0) is 22.8 Å². The Balaban J connectivity index is 2.56. The van der Waals surface area contributed by atoms with Gasteiger partial charge in [-0.15, -0.1) is 0 Å². The van der Waals surface area contributed by atoms with Gasteiger partial charge in [0.25, 0.3) is 0 Å². The molecule has 0 amide bonds. The molecule has 8 nitrogen and oxygen atoms in total. The van der Waals surface area contributed by atoms with Crippen LogP contribution >= 0.6 is 11.6 Å². The van der Waals surface area contributed by atoms with Gasteiger partial charge in [-0.3, -0.25) is 14.8 Å². The Hall–Kier alpha value is -2.89. The molecule has 0 unspecified atom stereocenters. The standard InChI is InChI=1S/C15H12ClF4N3O5/c1-3-27-11(24)6-28-10-4-7(8(17)5-9(10)23(25)26)13-12(16)14(15(18,19)20)22(2)21-13/h4-5H,3,6H2,1-2H3. The van der Waals surface area contributed by atoms with E-state index in [0.717, 1.165) is 13.1 Å². The number of ether oxygens (including phenoxy) is 2. The molecule has 0 aliphatic carbocycles. The molecule has 1 aromatic carbocycles. The van der Waals surface area contributed by atoms with Crippen LogP contribution in [0.1, 0.15) is 12.6 Å². The lowest BCUT2D eigenvalue weighted by Crippen LogP contribution is -2.15. The van der Waals surface area contributed by atoms with Crippen LogP contribution in [0, 0.1) is 15.9 Å². The van der Waals surface area contributed by atoms with Crippen molar-refractivity contribution in [1.29, 1.82) is 0 Å². The summed E-state index contributed by atoms with van der Waals surface area (Å²) >= 11 is 5.73. The van der Waals surface area contributed by atoms with Crippen molar-refractivity contribution in [3.8, 4) is 17.0 Å². The predicted molar refractivity (Wildman–Crippen MR) is 87.4 cm³/mol. The third-order valence-electron chi connectivity index (χ3n) is 3.41. The molecule has 28 heavy (non-hydrogen) atoms. The Morgan fingerprint density at radius 1 is 1.39 bits per heavy atom. The zero-order chi connectivity index (χ0) is 21.2. The van der Waals surface area contributed by atoms with E-state index < -0.39 is 62.9 Å². The van der Waals surface area contributed by atoms with E-state index >= 15 is 0 Å². The fourth-order valence-electron chi connectivity index (χ4n) is 2.30. The molecule has 1 heterocycles. The molecular formula is C15H12ClF4N3O5. The Kier molecular flexibility index (Phi) is 6.12. The van der Waals surface area contributed by atoms with Gasteiger partial charge in [0.15, 0.2) is 18.1 Å². The monoisotopic (exact) mass is 425 g/mol. The van der Waals surface area contributed by atoms with Gasteiger partial charge in [-0.05, 0) is 13.0 Å². The molecule has 0 spiro atoms. The number of carbonyl (C=O) groups excluding carboxylic acids is 1. The molecule has 0 aliphatic heterocycles. The zero-order valence-corrected chi connectivity index (χ0v) is 15.1. The number of carbonyl (C=O) groups is 1. The molecule has 0 aliphatic rings. The second-order valence-corrected chi connectivity index (χ2v) is 5.66. The first-order valence-corrected chi connectivity index (χ1v) is 7.91. The molecule has 0 N–H and O–H groups in total. The van der Waals surface area contributed by atoms with Crippen LogP contribution < -0.4 is 4.74 Å². The molecule has 0 saturated heterocycles. The number of benzene rings is 1. The van der Waals surface area contributed by atoms with E-state index in [1.54, 1.807) is 0 Å². The molecule has 0 atom stereocenters. The summed E-state index contributed by atoms with van der Waals surface area (Å²) in [7, 11) is 0.958. The highest BCUT2D eigenvalue weighted by Gasteiger charge is 2.39. The largest absolute Gasteiger partial charge is 0.475 e. The molecule has 2 aromatic rings.